The first-order chi connectivity index (χ1) is 9.60. The van der Waals surface area contributed by atoms with Crippen molar-refractivity contribution >= 4 is 21.7 Å². The van der Waals surface area contributed by atoms with E-state index in [1.807, 2.05) is 18.2 Å². The summed E-state index contributed by atoms with van der Waals surface area (Å²) in [5, 5.41) is 0. The summed E-state index contributed by atoms with van der Waals surface area (Å²) in [6.07, 6.45) is 4.03. The molecule has 0 aromatic heterocycles. The van der Waals surface area contributed by atoms with Crippen LogP contribution in [0.4, 0.5) is 0 Å². The Labute approximate surface area is 128 Å². The van der Waals surface area contributed by atoms with Gasteiger partial charge < -0.3 is 10.5 Å². The van der Waals surface area contributed by atoms with Crippen LogP contribution in [0.25, 0.3) is 0 Å². The number of methoxy groups -OCH3 is 1. The van der Waals surface area contributed by atoms with Gasteiger partial charge in [0.05, 0.1) is 11.6 Å². The van der Waals surface area contributed by atoms with E-state index < -0.39 is 0 Å². The van der Waals surface area contributed by atoms with Crippen molar-refractivity contribution in [1.82, 2.24) is 0 Å². The molecule has 2 N–H and O–H groups in total. The number of carbonyl (C=O) groups is 1. The number of ether oxygens (including phenoxy) is 1. The standard InChI is InChI=1S/C16H20BrNO2/c1-20-14-5-2-9(6-12(14)17)7-13(19)15-10-3-4-11(8-10)16(15)18/h2,5-6,10-11,15-16H,3-4,7-8,18H2,1H3. The summed E-state index contributed by atoms with van der Waals surface area (Å²) in [4.78, 5) is 12.6. The van der Waals surface area contributed by atoms with Crippen LogP contribution in [-0.2, 0) is 11.2 Å². The van der Waals surface area contributed by atoms with Gasteiger partial charge in [0.2, 0.25) is 0 Å². The van der Waals surface area contributed by atoms with Gasteiger partial charge in [-0.25, -0.2) is 0 Å². The molecule has 4 atom stereocenters. The van der Waals surface area contributed by atoms with Gasteiger partial charge in [0, 0.05) is 18.4 Å². The fraction of sp³-hybridized carbons (Fsp3) is 0.562. The molecule has 2 fully saturated rings. The molecule has 1 aromatic carbocycles. The molecule has 0 heterocycles. The molecule has 2 aliphatic rings. The van der Waals surface area contributed by atoms with Crippen LogP contribution >= 0.6 is 15.9 Å². The number of hydrogen-bond acceptors (Lipinski definition) is 3. The van der Waals surface area contributed by atoms with Gasteiger partial charge in [-0.05, 0) is 64.7 Å². The summed E-state index contributed by atoms with van der Waals surface area (Å²) >= 11 is 3.46. The van der Waals surface area contributed by atoms with Crippen LogP contribution in [0.5, 0.6) is 5.75 Å². The van der Waals surface area contributed by atoms with Crippen molar-refractivity contribution in [3.63, 3.8) is 0 Å². The largest absolute Gasteiger partial charge is 0.496 e. The second-order valence-corrected chi connectivity index (χ2v) is 6.90. The highest BCUT2D eigenvalue weighted by Crippen LogP contribution is 2.48. The molecule has 4 heteroatoms. The van der Waals surface area contributed by atoms with Crippen molar-refractivity contribution in [3.05, 3.63) is 28.2 Å². The predicted octanol–water partition coefficient (Wildman–Crippen LogP) is 2.94. The van der Waals surface area contributed by atoms with Gasteiger partial charge >= 0.3 is 0 Å². The normalized spacial score (nSPS) is 31.6. The summed E-state index contributed by atoms with van der Waals surface area (Å²) in [6, 6.07) is 5.91. The zero-order chi connectivity index (χ0) is 14.3. The molecule has 0 radical (unpaired) electrons. The summed E-state index contributed by atoms with van der Waals surface area (Å²) in [5.41, 5.74) is 7.27. The van der Waals surface area contributed by atoms with Gasteiger partial charge in [-0.1, -0.05) is 6.07 Å². The molecular formula is C16H20BrNO2. The minimum absolute atomic E-state index is 0.0784. The Kier molecular flexibility index (Phi) is 3.87. The van der Waals surface area contributed by atoms with E-state index in [2.05, 4.69) is 15.9 Å². The minimum Gasteiger partial charge on any atom is -0.496 e. The summed E-state index contributed by atoms with van der Waals surface area (Å²) in [6.45, 7) is 0. The predicted molar refractivity (Wildman–Crippen MR) is 81.7 cm³/mol. The first-order valence-electron chi connectivity index (χ1n) is 7.21. The smallest absolute Gasteiger partial charge is 0.142 e. The highest BCUT2D eigenvalue weighted by atomic mass is 79.9. The molecule has 0 spiro atoms. The van der Waals surface area contributed by atoms with Gasteiger partial charge in [-0.2, -0.15) is 0 Å². The van der Waals surface area contributed by atoms with Crippen LogP contribution in [0.3, 0.4) is 0 Å². The number of nitrogens with two attached hydrogens (primary N) is 1. The third kappa shape index (κ3) is 2.40. The number of rotatable bonds is 4. The van der Waals surface area contributed by atoms with E-state index in [1.165, 1.54) is 12.8 Å². The molecule has 3 nitrogen and oxygen atoms in total. The molecule has 2 saturated carbocycles. The molecule has 20 heavy (non-hydrogen) atoms. The fourth-order valence-electron chi connectivity index (χ4n) is 3.95. The number of Topliss-reactive ketones (excluding diaryl/α,β-unsaturated/α-hetero) is 1. The summed E-state index contributed by atoms with van der Waals surface area (Å²) in [7, 11) is 1.64. The summed E-state index contributed by atoms with van der Waals surface area (Å²) < 4.78 is 6.10. The van der Waals surface area contributed by atoms with Crippen LogP contribution < -0.4 is 10.5 Å². The monoisotopic (exact) mass is 337 g/mol. The third-order valence-electron chi connectivity index (χ3n) is 4.95. The number of benzene rings is 1. The fourth-order valence-corrected chi connectivity index (χ4v) is 4.54. The van der Waals surface area contributed by atoms with Crippen molar-refractivity contribution in [2.24, 2.45) is 23.5 Å². The second-order valence-electron chi connectivity index (χ2n) is 6.05. The van der Waals surface area contributed by atoms with Crippen molar-refractivity contribution in [2.75, 3.05) is 7.11 Å². The van der Waals surface area contributed by atoms with E-state index in [1.54, 1.807) is 7.11 Å². The maximum Gasteiger partial charge on any atom is 0.142 e. The van der Waals surface area contributed by atoms with Crippen molar-refractivity contribution < 1.29 is 9.53 Å². The number of hydrogen-bond donors (Lipinski definition) is 1. The highest BCUT2D eigenvalue weighted by Gasteiger charge is 2.48. The Morgan fingerprint density at radius 1 is 1.40 bits per heavy atom. The lowest BCUT2D eigenvalue weighted by Gasteiger charge is -2.26. The molecule has 4 unspecified atom stereocenters. The number of halogens is 1. The van der Waals surface area contributed by atoms with E-state index in [4.69, 9.17) is 10.5 Å². The van der Waals surface area contributed by atoms with Crippen LogP contribution in [0.15, 0.2) is 22.7 Å². The Morgan fingerprint density at radius 2 is 2.15 bits per heavy atom. The first kappa shape index (κ1) is 14.1. The van der Waals surface area contributed by atoms with E-state index in [-0.39, 0.29) is 12.0 Å². The van der Waals surface area contributed by atoms with E-state index in [9.17, 15) is 4.79 Å². The molecule has 2 bridgehead atoms. The lowest BCUT2D eigenvalue weighted by molar-refractivity contribution is -0.124. The van der Waals surface area contributed by atoms with Gasteiger partial charge in [0.25, 0.3) is 0 Å². The zero-order valence-corrected chi connectivity index (χ0v) is 13.2. The number of fused-ring (bicyclic) bond motifs is 2. The van der Waals surface area contributed by atoms with Crippen LogP contribution in [0.2, 0.25) is 0 Å². The molecule has 0 amide bonds. The second kappa shape index (κ2) is 5.49. The highest BCUT2D eigenvalue weighted by molar-refractivity contribution is 9.10. The Morgan fingerprint density at radius 3 is 2.75 bits per heavy atom. The minimum atomic E-state index is 0.0784. The SMILES string of the molecule is COc1ccc(CC(=O)C2C3CCC(C3)C2N)cc1Br. The van der Waals surface area contributed by atoms with E-state index >= 15 is 0 Å². The van der Waals surface area contributed by atoms with Gasteiger partial charge in [-0.15, -0.1) is 0 Å². The molecule has 1 aromatic rings. The van der Waals surface area contributed by atoms with Gasteiger partial charge in [0.15, 0.2) is 0 Å². The third-order valence-corrected chi connectivity index (χ3v) is 5.57. The lowest BCUT2D eigenvalue weighted by atomic mass is 9.80. The molecular weight excluding hydrogens is 318 g/mol. The summed E-state index contributed by atoms with van der Waals surface area (Å²) in [5.74, 6) is 2.29. The molecule has 108 valence electrons. The average Bonchev–Trinajstić information content (AvgIpc) is 2.99. The Bertz CT molecular complexity index is 529. The topological polar surface area (TPSA) is 52.3 Å². The van der Waals surface area contributed by atoms with Crippen LogP contribution in [0, 0.1) is 17.8 Å². The molecule has 0 aliphatic heterocycles. The Hall–Kier alpha value is -0.870. The van der Waals surface area contributed by atoms with Crippen LogP contribution in [-0.4, -0.2) is 18.9 Å². The molecule has 3 rings (SSSR count). The Balaban J connectivity index is 1.72. The van der Waals surface area contributed by atoms with Crippen molar-refractivity contribution in [3.8, 4) is 5.75 Å². The van der Waals surface area contributed by atoms with Crippen molar-refractivity contribution in [1.29, 1.82) is 0 Å². The average molecular weight is 338 g/mol. The number of carbonyl (C=O) groups excluding carboxylic acids is 1. The first-order valence-corrected chi connectivity index (χ1v) is 8.00. The van der Waals surface area contributed by atoms with E-state index in [0.717, 1.165) is 22.2 Å². The quantitative estimate of drug-likeness (QED) is 0.918. The van der Waals surface area contributed by atoms with E-state index in [0.29, 0.717) is 24.0 Å². The maximum atomic E-state index is 12.6. The zero-order valence-electron chi connectivity index (χ0n) is 11.6. The lowest BCUT2D eigenvalue weighted by Crippen LogP contribution is -2.40. The molecule has 2 aliphatic carbocycles. The maximum absolute atomic E-state index is 12.6. The van der Waals surface area contributed by atoms with Crippen molar-refractivity contribution in [2.45, 2.75) is 31.7 Å². The van der Waals surface area contributed by atoms with Crippen LogP contribution in [0.1, 0.15) is 24.8 Å². The number of ketones is 1. The molecule has 0 saturated heterocycles. The van der Waals surface area contributed by atoms with Gasteiger partial charge in [-0.3, -0.25) is 4.79 Å². The van der Waals surface area contributed by atoms with Gasteiger partial charge in [0.1, 0.15) is 11.5 Å².